The van der Waals surface area contributed by atoms with Crippen LogP contribution in [0.25, 0.3) is 0 Å². The summed E-state index contributed by atoms with van der Waals surface area (Å²) in [5.41, 5.74) is 0.120. The maximum absolute atomic E-state index is 11.8. The molecule has 0 radical (unpaired) electrons. The van der Waals surface area contributed by atoms with Crippen LogP contribution in [0.3, 0.4) is 0 Å². The fourth-order valence-corrected chi connectivity index (χ4v) is 1.64. The standard InChI is InChI=1S/C14H22N4O3/c1-5-6-15-13(19)9(4)17-10-7-16-12(8(2)3)18-11(10)14(20)21/h7-9,17H,5-6H2,1-4H3,(H,15,19)(H,20,21). The van der Waals surface area contributed by atoms with Crippen LogP contribution in [0.5, 0.6) is 0 Å². The third kappa shape index (κ3) is 4.70. The zero-order chi connectivity index (χ0) is 16.0. The lowest BCUT2D eigenvalue weighted by Crippen LogP contribution is -2.38. The van der Waals surface area contributed by atoms with Crippen molar-refractivity contribution in [3.63, 3.8) is 0 Å². The van der Waals surface area contributed by atoms with Crippen LogP contribution >= 0.6 is 0 Å². The lowest BCUT2D eigenvalue weighted by atomic mass is 10.2. The molecule has 0 aliphatic rings. The van der Waals surface area contributed by atoms with Crippen LogP contribution in [0.4, 0.5) is 5.69 Å². The van der Waals surface area contributed by atoms with Gasteiger partial charge >= 0.3 is 5.97 Å². The second kappa shape index (κ2) is 7.56. The molecule has 21 heavy (non-hydrogen) atoms. The van der Waals surface area contributed by atoms with Crippen molar-refractivity contribution >= 4 is 17.6 Å². The molecule has 1 aromatic heterocycles. The number of nitrogens with one attached hydrogen (secondary N) is 2. The normalized spacial score (nSPS) is 12.0. The highest BCUT2D eigenvalue weighted by atomic mass is 16.4. The molecule has 1 unspecified atom stereocenters. The molecule has 0 spiro atoms. The van der Waals surface area contributed by atoms with Crippen LogP contribution in [-0.4, -0.2) is 39.5 Å². The number of aromatic carboxylic acids is 1. The number of rotatable bonds is 7. The molecule has 0 saturated carbocycles. The average Bonchev–Trinajstić information content (AvgIpc) is 2.44. The number of amides is 1. The summed E-state index contributed by atoms with van der Waals surface area (Å²) in [4.78, 5) is 31.3. The minimum absolute atomic E-state index is 0.0300. The summed E-state index contributed by atoms with van der Waals surface area (Å²) in [5.74, 6) is -0.854. The van der Waals surface area contributed by atoms with Crippen molar-refractivity contribution in [2.75, 3.05) is 11.9 Å². The summed E-state index contributed by atoms with van der Waals surface area (Å²) in [5, 5.41) is 14.8. The number of carboxylic acids is 1. The Morgan fingerprint density at radius 3 is 2.52 bits per heavy atom. The highest BCUT2D eigenvalue weighted by molar-refractivity contribution is 5.93. The molecule has 0 bridgehead atoms. The summed E-state index contributed by atoms with van der Waals surface area (Å²) in [7, 11) is 0. The van der Waals surface area contributed by atoms with E-state index >= 15 is 0 Å². The molecule has 0 saturated heterocycles. The fraction of sp³-hybridized carbons (Fsp3) is 0.571. The van der Waals surface area contributed by atoms with Gasteiger partial charge in [-0.3, -0.25) is 4.79 Å². The summed E-state index contributed by atoms with van der Waals surface area (Å²) in [6.07, 6.45) is 2.25. The zero-order valence-electron chi connectivity index (χ0n) is 12.8. The number of hydrogen-bond acceptors (Lipinski definition) is 5. The van der Waals surface area contributed by atoms with Crippen molar-refractivity contribution in [2.45, 2.75) is 46.1 Å². The molecule has 116 valence electrons. The Morgan fingerprint density at radius 2 is 2.00 bits per heavy atom. The van der Waals surface area contributed by atoms with Gasteiger partial charge in [0.25, 0.3) is 0 Å². The largest absolute Gasteiger partial charge is 0.476 e. The molecular formula is C14H22N4O3. The van der Waals surface area contributed by atoms with E-state index < -0.39 is 12.0 Å². The topological polar surface area (TPSA) is 104 Å². The van der Waals surface area contributed by atoms with Gasteiger partial charge < -0.3 is 15.7 Å². The number of carbonyl (C=O) groups is 2. The van der Waals surface area contributed by atoms with Crippen LogP contribution in [0, 0.1) is 0 Å². The van der Waals surface area contributed by atoms with E-state index in [1.807, 2.05) is 20.8 Å². The number of nitrogens with zero attached hydrogens (tertiary/aromatic N) is 2. The second-order valence-electron chi connectivity index (χ2n) is 5.11. The van der Waals surface area contributed by atoms with Gasteiger partial charge in [0.15, 0.2) is 5.69 Å². The molecule has 0 fully saturated rings. The summed E-state index contributed by atoms with van der Waals surface area (Å²) in [6.45, 7) is 7.97. The Balaban J connectivity index is 2.92. The first kappa shape index (κ1) is 16.9. The van der Waals surface area contributed by atoms with E-state index in [1.165, 1.54) is 6.20 Å². The van der Waals surface area contributed by atoms with E-state index in [0.29, 0.717) is 12.4 Å². The van der Waals surface area contributed by atoms with E-state index in [9.17, 15) is 14.7 Å². The monoisotopic (exact) mass is 294 g/mol. The van der Waals surface area contributed by atoms with Crippen molar-refractivity contribution in [2.24, 2.45) is 0 Å². The van der Waals surface area contributed by atoms with Crippen molar-refractivity contribution < 1.29 is 14.7 Å². The van der Waals surface area contributed by atoms with E-state index in [1.54, 1.807) is 6.92 Å². The highest BCUT2D eigenvalue weighted by Gasteiger charge is 2.19. The first-order valence-corrected chi connectivity index (χ1v) is 7.01. The maximum atomic E-state index is 11.8. The van der Waals surface area contributed by atoms with E-state index in [2.05, 4.69) is 20.6 Å². The molecule has 0 aliphatic heterocycles. The van der Waals surface area contributed by atoms with E-state index in [0.717, 1.165) is 6.42 Å². The summed E-state index contributed by atoms with van der Waals surface area (Å²) < 4.78 is 0. The molecule has 0 aromatic carbocycles. The molecule has 7 heteroatoms. The third-order valence-corrected chi connectivity index (χ3v) is 2.84. The van der Waals surface area contributed by atoms with Gasteiger partial charge in [-0.1, -0.05) is 20.8 Å². The number of aromatic nitrogens is 2. The second-order valence-corrected chi connectivity index (χ2v) is 5.11. The van der Waals surface area contributed by atoms with Crippen LogP contribution < -0.4 is 10.6 Å². The molecular weight excluding hydrogens is 272 g/mol. The molecule has 1 atom stereocenters. The van der Waals surface area contributed by atoms with Gasteiger partial charge in [0.05, 0.1) is 11.9 Å². The van der Waals surface area contributed by atoms with Gasteiger partial charge in [0, 0.05) is 12.5 Å². The predicted molar refractivity (Wildman–Crippen MR) is 79.5 cm³/mol. The van der Waals surface area contributed by atoms with Gasteiger partial charge in [-0.25, -0.2) is 14.8 Å². The smallest absolute Gasteiger partial charge is 0.356 e. The minimum Gasteiger partial charge on any atom is -0.476 e. The van der Waals surface area contributed by atoms with Crippen molar-refractivity contribution in [1.29, 1.82) is 0 Å². The number of anilines is 1. The summed E-state index contributed by atoms with van der Waals surface area (Å²) in [6, 6.07) is -0.567. The molecule has 0 aliphatic carbocycles. The van der Waals surface area contributed by atoms with Gasteiger partial charge in [0.1, 0.15) is 11.9 Å². The molecule has 1 amide bonds. The SMILES string of the molecule is CCCNC(=O)C(C)Nc1cnc(C(C)C)nc1C(=O)O. The Labute approximate surface area is 124 Å². The van der Waals surface area contributed by atoms with Crippen molar-refractivity contribution in [3.8, 4) is 0 Å². The summed E-state index contributed by atoms with van der Waals surface area (Å²) >= 11 is 0. The van der Waals surface area contributed by atoms with Gasteiger partial charge in [0.2, 0.25) is 5.91 Å². The van der Waals surface area contributed by atoms with Crippen LogP contribution in [0.2, 0.25) is 0 Å². The average molecular weight is 294 g/mol. The Morgan fingerprint density at radius 1 is 1.33 bits per heavy atom. The predicted octanol–water partition coefficient (Wildman–Crippen LogP) is 1.62. The van der Waals surface area contributed by atoms with Gasteiger partial charge in [-0.15, -0.1) is 0 Å². The van der Waals surface area contributed by atoms with Crippen LogP contribution in [0.15, 0.2) is 6.20 Å². The minimum atomic E-state index is -1.15. The quantitative estimate of drug-likeness (QED) is 0.706. The van der Waals surface area contributed by atoms with Gasteiger partial charge in [-0.05, 0) is 13.3 Å². The molecule has 1 aromatic rings. The van der Waals surface area contributed by atoms with E-state index in [-0.39, 0.29) is 23.2 Å². The molecule has 1 heterocycles. The van der Waals surface area contributed by atoms with Crippen LogP contribution in [-0.2, 0) is 4.79 Å². The molecule has 7 nitrogen and oxygen atoms in total. The number of carbonyl (C=O) groups excluding carboxylic acids is 1. The fourth-order valence-electron chi connectivity index (χ4n) is 1.64. The van der Waals surface area contributed by atoms with Crippen molar-refractivity contribution in [3.05, 3.63) is 17.7 Å². The lowest BCUT2D eigenvalue weighted by molar-refractivity contribution is -0.121. The zero-order valence-corrected chi connectivity index (χ0v) is 12.8. The van der Waals surface area contributed by atoms with Crippen LogP contribution in [0.1, 0.15) is 56.3 Å². The molecule has 1 rings (SSSR count). The Hall–Kier alpha value is -2.18. The highest BCUT2D eigenvalue weighted by Crippen LogP contribution is 2.17. The Bertz CT molecular complexity index is 517. The lowest BCUT2D eigenvalue weighted by Gasteiger charge is -2.16. The third-order valence-electron chi connectivity index (χ3n) is 2.84. The number of hydrogen-bond donors (Lipinski definition) is 3. The van der Waals surface area contributed by atoms with Gasteiger partial charge in [-0.2, -0.15) is 0 Å². The first-order valence-electron chi connectivity index (χ1n) is 7.01. The Kier molecular flexibility index (Phi) is 6.08. The maximum Gasteiger partial charge on any atom is 0.356 e. The van der Waals surface area contributed by atoms with E-state index in [4.69, 9.17) is 0 Å². The molecule has 3 N–H and O–H groups in total. The number of carboxylic acid groups (broad SMARTS) is 1. The first-order chi connectivity index (χ1) is 9.86. The van der Waals surface area contributed by atoms with Crippen molar-refractivity contribution in [1.82, 2.24) is 15.3 Å².